The van der Waals surface area contributed by atoms with Crippen molar-refractivity contribution in [2.75, 3.05) is 58.9 Å². The highest BCUT2D eigenvalue weighted by molar-refractivity contribution is 5.95. The SMILES string of the molecule is COc1nc(NC[C@H]2CCC[C@@H](c3ccccc3)O2)c(C)c(C(=O)N2CCC(NC[C@H]3CCOC[C@H]3OC)CC2)n1. The molecule has 0 saturated carbocycles. The lowest BCUT2D eigenvalue weighted by atomic mass is 9.95. The van der Waals surface area contributed by atoms with Gasteiger partial charge in [0.2, 0.25) is 0 Å². The van der Waals surface area contributed by atoms with Gasteiger partial charge in [0.15, 0.2) is 0 Å². The second kappa shape index (κ2) is 14.4. The van der Waals surface area contributed by atoms with Crippen molar-refractivity contribution >= 4 is 11.7 Å². The number of rotatable bonds is 10. The molecule has 4 heterocycles. The van der Waals surface area contributed by atoms with Crippen LogP contribution in [-0.4, -0.2) is 92.6 Å². The highest BCUT2D eigenvalue weighted by Crippen LogP contribution is 2.31. The molecule has 3 saturated heterocycles. The van der Waals surface area contributed by atoms with Crippen molar-refractivity contribution in [2.24, 2.45) is 5.92 Å². The predicted octanol–water partition coefficient (Wildman–Crippen LogP) is 3.76. The van der Waals surface area contributed by atoms with Crippen molar-refractivity contribution in [2.45, 2.75) is 69.8 Å². The summed E-state index contributed by atoms with van der Waals surface area (Å²) in [5.41, 5.74) is 2.34. The van der Waals surface area contributed by atoms with Crippen LogP contribution < -0.4 is 15.4 Å². The minimum atomic E-state index is -0.0772. The van der Waals surface area contributed by atoms with Crippen LogP contribution in [0, 0.1) is 12.8 Å². The van der Waals surface area contributed by atoms with E-state index >= 15 is 0 Å². The lowest BCUT2D eigenvalue weighted by molar-refractivity contribution is -0.0653. The van der Waals surface area contributed by atoms with Crippen LogP contribution in [0.25, 0.3) is 0 Å². The molecule has 4 atom stereocenters. The third-order valence-corrected chi connectivity index (χ3v) is 8.72. The van der Waals surface area contributed by atoms with Crippen LogP contribution >= 0.6 is 0 Å². The second-order valence-electron chi connectivity index (χ2n) is 11.4. The summed E-state index contributed by atoms with van der Waals surface area (Å²) in [6, 6.07) is 11.0. The van der Waals surface area contributed by atoms with Crippen LogP contribution in [0.5, 0.6) is 6.01 Å². The average Bonchev–Trinajstić information content (AvgIpc) is 3.04. The second-order valence-corrected chi connectivity index (χ2v) is 11.4. The smallest absolute Gasteiger partial charge is 0.318 e. The maximum Gasteiger partial charge on any atom is 0.318 e. The summed E-state index contributed by atoms with van der Waals surface area (Å²) in [6.45, 7) is 6.24. The molecule has 2 aromatic rings. The van der Waals surface area contributed by atoms with Crippen molar-refractivity contribution in [1.82, 2.24) is 20.2 Å². The number of nitrogens with one attached hydrogen (secondary N) is 2. The number of methoxy groups -OCH3 is 2. The van der Waals surface area contributed by atoms with E-state index in [9.17, 15) is 4.79 Å². The molecular formula is C31H45N5O5. The number of carbonyl (C=O) groups is 1. The Bertz CT molecular complexity index is 1130. The summed E-state index contributed by atoms with van der Waals surface area (Å²) in [5.74, 6) is 0.997. The predicted molar refractivity (Wildman–Crippen MR) is 156 cm³/mol. The zero-order valence-electron chi connectivity index (χ0n) is 24.6. The third-order valence-electron chi connectivity index (χ3n) is 8.72. The molecule has 0 bridgehead atoms. The van der Waals surface area contributed by atoms with Crippen molar-refractivity contribution < 1.29 is 23.7 Å². The Morgan fingerprint density at radius 3 is 2.61 bits per heavy atom. The minimum absolute atomic E-state index is 0.0558. The zero-order valence-corrected chi connectivity index (χ0v) is 24.6. The number of likely N-dealkylation sites (tertiary alicyclic amines) is 1. The normalized spacial score (nSPS) is 25.6. The van der Waals surface area contributed by atoms with Gasteiger partial charge in [-0.05, 0) is 51.0 Å². The number of nitrogens with zero attached hydrogens (tertiary/aromatic N) is 3. The van der Waals surface area contributed by atoms with Gasteiger partial charge in [0, 0.05) is 57.4 Å². The van der Waals surface area contributed by atoms with Gasteiger partial charge < -0.3 is 34.5 Å². The van der Waals surface area contributed by atoms with Gasteiger partial charge in [-0.15, -0.1) is 0 Å². The van der Waals surface area contributed by atoms with Gasteiger partial charge in [0.25, 0.3) is 5.91 Å². The monoisotopic (exact) mass is 567 g/mol. The summed E-state index contributed by atoms with van der Waals surface area (Å²) in [4.78, 5) is 24.5. The number of benzene rings is 1. The summed E-state index contributed by atoms with van der Waals surface area (Å²) in [6.07, 6.45) is 6.23. The molecular weight excluding hydrogens is 522 g/mol. The van der Waals surface area contributed by atoms with Gasteiger partial charge >= 0.3 is 6.01 Å². The van der Waals surface area contributed by atoms with Crippen molar-refractivity contribution in [3.05, 3.63) is 47.2 Å². The standard InChI is InChI=1S/C31H45N5O5/c1-21-28(30(37)36-15-12-24(13-16-36)32-18-23-14-17-40-20-27(23)38-2)34-31(39-3)35-29(21)33-19-25-10-7-11-26(41-25)22-8-5-4-6-9-22/h4-6,8-9,23-27,32H,7,10-20H2,1-3H3,(H,33,34,35)/t23-,25-,26+,27-/m1/s1. The van der Waals surface area contributed by atoms with E-state index < -0.39 is 0 Å². The molecule has 10 heteroatoms. The molecule has 5 rings (SSSR count). The zero-order chi connectivity index (χ0) is 28.6. The average molecular weight is 568 g/mol. The molecule has 41 heavy (non-hydrogen) atoms. The fourth-order valence-corrected chi connectivity index (χ4v) is 6.15. The third kappa shape index (κ3) is 7.54. The highest BCUT2D eigenvalue weighted by atomic mass is 16.5. The Labute approximate surface area is 243 Å². The maximum absolute atomic E-state index is 13.6. The van der Waals surface area contributed by atoms with Crippen LogP contribution in [0.15, 0.2) is 30.3 Å². The molecule has 1 aromatic heterocycles. The van der Waals surface area contributed by atoms with Crippen molar-refractivity contribution in [3.8, 4) is 6.01 Å². The molecule has 0 radical (unpaired) electrons. The van der Waals surface area contributed by atoms with E-state index in [-0.39, 0.29) is 30.2 Å². The molecule has 3 aliphatic rings. The molecule has 1 aromatic carbocycles. The summed E-state index contributed by atoms with van der Waals surface area (Å²) in [7, 11) is 3.29. The molecule has 0 aliphatic carbocycles. The first-order valence-electron chi connectivity index (χ1n) is 15.1. The van der Waals surface area contributed by atoms with Gasteiger partial charge in [-0.25, -0.2) is 0 Å². The molecule has 3 aliphatic heterocycles. The molecule has 10 nitrogen and oxygen atoms in total. The topological polar surface area (TPSA) is 107 Å². The molecule has 0 spiro atoms. The molecule has 224 valence electrons. The minimum Gasteiger partial charge on any atom is -0.467 e. The summed E-state index contributed by atoms with van der Waals surface area (Å²) < 4.78 is 23.0. The number of anilines is 1. The van der Waals surface area contributed by atoms with Crippen LogP contribution in [0.2, 0.25) is 0 Å². The number of piperidine rings is 1. The quantitative estimate of drug-likeness (QED) is 0.444. The Kier molecular flexibility index (Phi) is 10.4. The number of aromatic nitrogens is 2. The van der Waals surface area contributed by atoms with Crippen molar-refractivity contribution in [1.29, 1.82) is 0 Å². The Hall–Kier alpha value is -2.79. The number of hydrogen-bond donors (Lipinski definition) is 2. The van der Waals surface area contributed by atoms with Gasteiger partial charge in [0.1, 0.15) is 11.5 Å². The Balaban J connectivity index is 1.16. The van der Waals surface area contributed by atoms with Crippen molar-refractivity contribution in [3.63, 3.8) is 0 Å². The van der Waals surface area contributed by atoms with E-state index in [1.54, 1.807) is 7.11 Å². The lowest BCUT2D eigenvalue weighted by Gasteiger charge is -2.35. The van der Waals surface area contributed by atoms with Gasteiger partial charge in [-0.3, -0.25) is 4.79 Å². The number of amides is 1. The Morgan fingerprint density at radius 2 is 1.85 bits per heavy atom. The lowest BCUT2D eigenvalue weighted by Crippen LogP contribution is -2.48. The summed E-state index contributed by atoms with van der Waals surface area (Å²) >= 11 is 0. The Morgan fingerprint density at radius 1 is 1.05 bits per heavy atom. The van der Waals surface area contributed by atoms with Crippen LogP contribution in [0.1, 0.15) is 66.2 Å². The van der Waals surface area contributed by atoms with Gasteiger partial charge in [0.05, 0.1) is 32.0 Å². The van der Waals surface area contributed by atoms with E-state index in [4.69, 9.17) is 18.9 Å². The fraction of sp³-hybridized carbons (Fsp3) is 0.645. The first-order valence-corrected chi connectivity index (χ1v) is 15.1. The van der Waals surface area contributed by atoms with E-state index in [0.717, 1.165) is 57.2 Å². The molecule has 1 amide bonds. The molecule has 2 N–H and O–H groups in total. The number of ether oxygens (including phenoxy) is 4. The fourth-order valence-electron chi connectivity index (χ4n) is 6.15. The van der Waals surface area contributed by atoms with Gasteiger partial charge in [-0.1, -0.05) is 30.3 Å². The van der Waals surface area contributed by atoms with Crippen LogP contribution in [-0.2, 0) is 14.2 Å². The van der Waals surface area contributed by atoms with E-state index in [1.807, 2.05) is 17.9 Å². The molecule has 3 fully saturated rings. The maximum atomic E-state index is 13.6. The highest BCUT2D eigenvalue weighted by Gasteiger charge is 2.30. The number of carbonyl (C=O) groups excluding carboxylic acids is 1. The first-order chi connectivity index (χ1) is 20.1. The van der Waals surface area contributed by atoms with E-state index in [0.29, 0.717) is 49.7 Å². The first kappa shape index (κ1) is 29.7. The number of hydrogen-bond acceptors (Lipinski definition) is 9. The van der Waals surface area contributed by atoms with Gasteiger partial charge in [-0.2, -0.15) is 9.97 Å². The van der Waals surface area contributed by atoms with E-state index in [2.05, 4.69) is 44.9 Å². The van der Waals surface area contributed by atoms with Crippen LogP contribution in [0.3, 0.4) is 0 Å². The largest absolute Gasteiger partial charge is 0.467 e. The molecule has 0 unspecified atom stereocenters. The van der Waals surface area contributed by atoms with Crippen LogP contribution in [0.4, 0.5) is 5.82 Å². The summed E-state index contributed by atoms with van der Waals surface area (Å²) in [5, 5.41) is 7.15. The van der Waals surface area contributed by atoms with E-state index in [1.165, 1.54) is 12.7 Å².